The Kier molecular flexibility index (Phi) is 3.02. The summed E-state index contributed by atoms with van der Waals surface area (Å²) in [5.41, 5.74) is 4.64. The van der Waals surface area contributed by atoms with Crippen LogP contribution >= 0.6 is 0 Å². The molecule has 0 unspecified atom stereocenters. The smallest absolute Gasteiger partial charge is 0.280 e. The molecule has 0 aliphatic heterocycles. The number of carbonyl (C=O) groups is 1. The maximum absolute atomic E-state index is 12.1. The molecule has 3 nitrogen and oxygen atoms in total. The van der Waals surface area contributed by atoms with Gasteiger partial charge in [-0.2, -0.15) is 0 Å². The molecule has 1 rings (SSSR count). The number of nitrogens with two attached hydrogens (primary N) is 1. The van der Waals surface area contributed by atoms with Crippen molar-refractivity contribution in [3.63, 3.8) is 0 Å². The maximum atomic E-state index is 12.1. The Hall–Kier alpha value is -1.36. The van der Waals surface area contributed by atoms with E-state index in [1.165, 1.54) is 12.1 Å². The molecular weight excluding hydrogens is 178 g/mol. The van der Waals surface area contributed by atoms with Gasteiger partial charge in [0.2, 0.25) is 0 Å². The van der Waals surface area contributed by atoms with Crippen molar-refractivity contribution in [1.82, 2.24) is 4.98 Å². The lowest BCUT2D eigenvalue weighted by molar-refractivity contribution is 0.0994. The molecule has 0 aromatic carbocycles. The summed E-state index contributed by atoms with van der Waals surface area (Å²) < 4.78 is 24.2. The van der Waals surface area contributed by atoms with Crippen molar-refractivity contribution < 1.29 is 13.6 Å². The predicted molar refractivity (Wildman–Crippen MR) is 42.6 cm³/mol. The van der Waals surface area contributed by atoms with E-state index in [9.17, 15) is 13.6 Å². The van der Waals surface area contributed by atoms with Gasteiger partial charge in [-0.3, -0.25) is 4.79 Å². The number of Topliss-reactive ketones (excluding diaryl/α,β-unsaturated/α-hetero) is 1. The minimum absolute atomic E-state index is 0.0136. The lowest BCUT2D eigenvalue weighted by Gasteiger charge is -2.00. The van der Waals surface area contributed by atoms with Crippen molar-refractivity contribution in [2.45, 2.75) is 6.43 Å². The number of pyridine rings is 1. The number of nitrogens with zero attached hydrogens (tertiary/aromatic N) is 1. The predicted octanol–water partition coefficient (Wildman–Crippen LogP) is 1.16. The van der Waals surface area contributed by atoms with Crippen LogP contribution in [0.15, 0.2) is 18.2 Å². The highest BCUT2D eigenvalue weighted by molar-refractivity contribution is 5.95. The highest BCUT2D eigenvalue weighted by Crippen LogP contribution is 2.15. The molecule has 1 aromatic rings. The van der Waals surface area contributed by atoms with Crippen molar-refractivity contribution in [2.24, 2.45) is 5.73 Å². The van der Waals surface area contributed by atoms with Crippen LogP contribution in [0.1, 0.15) is 22.6 Å². The Labute approximate surface area is 73.6 Å². The first kappa shape index (κ1) is 9.73. The fourth-order valence-electron chi connectivity index (χ4n) is 0.833. The van der Waals surface area contributed by atoms with Gasteiger partial charge in [-0.05, 0) is 12.1 Å². The van der Waals surface area contributed by atoms with Crippen LogP contribution in [0, 0.1) is 0 Å². The highest BCUT2D eigenvalue weighted by Gasteiger charge is 2.11. The van der Waals surface area contributed by atoms with Crippen molar-refractivity contribution in [3.8, 4) is 0 Å². The molecule has 0 saturated heterocycles. The quantitative estimate of drug-likeness (QED) is 0.720. The number of alkyl halides is 2. The fraction of sp³-hybridized carbons (Fsp3) is 0.250. The third kappa shape index (κ3) is 2.29. The van der Waals surface area contributed by atoms with Gasteiger partial charge in [-0.1, -0.05) is 6.07 Å². The average molecular weight is 186 g/mol. The molecule has 5 heteroatoms. The third-order valence-corrected chi connectivity index (χ3v) is 1.47. The van der Waals surface area contributed by atoms with E-state index in [2.05, 4.69) is 4.98 Å². The van der Waals surface area contributed by atoms with Crippen LogP contribution < -0.4 is 5.73 Å². The molecule has 2 N–H and O–H groups in total. The van der Waals surface area contributed by atoms with E-state index < -0.39 is 17.9 Å². The molecule has 0 aliphatic carbocycles. The summed E-state index contributed by atoms with van der Waals surface area (Å²) >= 11 is 0. The molecule has 13 heavy (non-hydrogen) atoms. The minimum atomic E-state index is -2.66. The average Bonchev–Trinajstić information content (AvgIpc) is 2.17. The van der Waals surface area contributed by atoms with E-state index >= 15 is 0 Å². The molecule has 70 valence electrons. The van der Waals surface area contributed by atoms with Gasteiger partial charge in [0.1, 0.15) is 11.4 Å². The van der Waals surface area contributed by atoms with E-state index in [1.807, 2.05) is 0 Å². The van der Waals surface area contributed by atoms with Gasteiger partial charge < -0.3 is 5.73 Å². The van der Waals surface area contributed by atoms with E-state index in [1.54, 1.807) is 0 Å². The number of hydrogen-bond acceptors (Lipinski definition) is 3. The lowest BCUT2D eigenvalue weighted by Crippen LogP contribution is -2.15. The molecule has 0 radical (unpaired) electrons. The number of rotatable bonds is 3. The summed E-state index contributed by atoms with van der Waals surface area (Å²) in [6.45, 7) is -0.223. The number of ketones is 1. The standard InChI is InChI=1S/C8H8F2N2O/c9-8(10)6-3-1-2-5(12-6)7(13)4-11/h1-3,8H,4,11H2. The van der Waals surface area contributed by atoms with Crippen molar-refractivity contribution in [1.29, 1.82) is 0 Å². The Morgan fingerprint density at radius 3 is 2.77 bits per heavy atom. The van der Waals surface area contributed by atoms with E-state index in [0.717, 1.165) is 6.07 Å². The van der Waals surface area contributed by atoms with Crippen LogP contribution in [0.4, 0.5) is 8.78 Å². The first-order chi connectivity index (χ1) is 6.15. The highest BCUT2D eigenvalue weighted by atomic mass is 19.3. The SMILES string of the molecule is NCC(=O)c1cccc(C(F)F)n1. The normalized spacial score (nSPS) is 10.5. The van der Waals surface area contributed by atoms with E-state index in [0.29, 0.717) is 0 Å². The number of hydrogen-bond donors (Lipinski definition) is 1. The number of halogens is 2. The Morgan fingerprint density at radius 2 is 2.23 bits per heavy atom. The summed E-state index contributed by atoms with van der Waals surface area (Å²) in [5.74, 6) is -0.442. The molecule has 0 fully saturated rings. The van der Waals surface area contributed by atoms with Gasteiger partial charge >= 0.3 is 0 Å². The Balaban J connectivity index is 2.98. The number of aromatic nitrogens is 1. The molecule has 0 spiro atoms. The first-order valence-electron chi connectivity index (χ1n) is 3.63. The van der Waals surface area contributed by atoms with Crippen molar-refractivity contribution in [3.05, 3.63) is 29.6 Å². The van der Waals surface area contributed by atoms with Crippen LogP contribution in [-0.2, 0) is 0 Å². The summed E-state index contributed by atoms with van der Waals surface area (Å²) in [6, 6.07) is 3.89. The zero-order valence-corrected chi connectivity index (χ0v) is 6.71. The second kappa shape index (κ2) is 4.04. The molecule has 0 saturated carbocycles. The van der Waals surface area contributed by atoms with Gasteiger partial charge in [0.25, 0.3) is 6.43 Å². The molecular formula is C8H8F2N2O. The molecule has 0 atom stereocenters. The largest absolute Gasteiger partial charge is 0.324 e. The summed E-state index contributed by atoms with van der Waals surface area (Å²) in [7, 11) is 0. The van der Waals surface area contributed by atoms with Gasteiger partial charge in [0.05, 0.1) is 6.54 Å². The molecule has 0 amide bonds. The minimum Gasteiger partial charge on any atom is -0.324 e. The molecule has 0 bridgehead atoms. The topological polar surface area (TPSA) is 56.0 Å². The third-order valence-electron chi connectivity index (χ3n) is 1.47. The van der Waals surface area contributed by atoms with E-state index in [-0.39, 0.29) is 12.2 Å². The number of carbonyl (C=O) groups excluding carboxylic acids is 1. The lowest BCUT2D eigenvalue weighted by atomic mass is 10.2. The summed E-state index contributed by atoms with van der Waals surface area (Å²) in [4.78, 5) is 14.4. The zero-order valence-electron chi connectivity index (χ0n) is 6.71. The van der Waals surface area contributed by atoms with Crippen LogP contribution in [-0.4, -0.2) is 17.3 Å². The van der Waals surface area contributed by atoms with Gasteiger partial charge in [-0.25, -0.2) is 13.8 Å². The summed E-state index contributed by atoms with van der Waals surface area (Å²) in [5, 5.41) is 0. The Morgan fingerprint density at radius 1 is 1.54 bits per heavy atom. The van der Waals surface area contributed by atoms with Gasteiger partial charge in [-0.15, -0.1) is 0 Å². The van der Waals surface area contributed by atoms with Gasteiger partial charge in [0, 0.05) is 0 Å². The van der Waals surface area contributed by atoms with Gasteiger partial charge in [0.15, 0.2) is 5.78 Å². The first-order valence-corrected chi connectivity index (χ1v) is 3.63. The monoisotopic (exact) mass is 186 g/mol. The molecule has 0 aliphatic rings. The van der Waals surface area contributed by atoms with Crippen LogP contribution in [0.2, 0.25) is 0 Å². The van der Waals surface area contributed by atoms with Crippen LogP contribution in [0.5, 0.6) is 0 Å². The molecule has 1 heterocycles. The van der Waals surface area contributed by atoms with Crippen LogP contribution in [0.25, 0.3) is 0 Å². The Bertz CT molecular complexity index is 315. The van der Waals surface area contributed by atoms with Crippen LogP contribution in [0.3, 0.4) is 0 Å². The summed E-state index contributed by atoms with van der Waals surface area (Å²) in [6.07, 6.45) is -2.66. The second-order valence-corrected chi connectivity index (χ2v) is 2.38. The fourth-order valence-corrected chi connectivity index (χ4v) is 0.833. The van der Waals surface area contributed by atoms with E-state index in [4.69, 9.17) is 5.73 Å². The zero-order chi connectivity index (χ0) is 9.84. The maximum Gasteiger partial charge on any atom is 0.280 e. The van der Waals surface area contributed by atoms with Crippen molar-refractivity contribution >= 4 is 5.78 Å². The molecule has 1 aromatic heterocycles. The second-order valence-electron chi connectivity index (χ2n) is 2.38. The van der Waals surface area contributed by atoms with Crippen molar-refractivity contribution in [2.75, 3.05) is 6.54 Å².